The first kappa shape index (κ1) is 10.6. The number of rotatable bonds is 5. The maximum absolute atomic E-state index is 5.37. The van der Waals surface area contributed by atoms with Gasteiger partial charge in [0.15, 0.2) is 0 Å². The first-order valence-corrected chi connectivity index (χ1v) is 5.78. The normalized spacial score (nSPS) is 9.62. The fraction of sp³-hybridized carbons (Fsp3) is 0.273. The van der Waals surface area contributed by atoms with E-state index in [4.69, 9.17) is 4.74 Å². The van der Waals surface area contributed by atoms with E-state index < -0.39 is 0 Å². The lowest BCUT2D eigenvalue weighted by molar-refractivity contribution is 0.363. The fourth-order valence-electron chi connectivity index (χ4n) is 1.02. The summed E-state index contributed by atoms with van der Waals surface area (Å²) in [6, 6.07) is 8.23. The molecule has 0 amide bonds. The number of aryl methyl sites for hydroxylation is 1. The maximum Gasteiger partial charge on any atom is 0.119 e. The molecule has 0 N–H and O–H groups in total. The number of hydrogen-bond donors (Lipinski definition) is 0. The summed E-state index contributed by atoms with van der Waals surface area (Å²) in [5.41, 5.74) is 1.36. The third-order valence-corrected chi connectivity index (χ3v) is 2.21. The predicted octanol–water partition coefficient (Wildman–Crippen LogP) is 3.23. The summed E-state index contributed by atoms with van der Waals surface area (Å²) in [5, 5.41) is 0. The second-order valence-electron chi connectivity index (χ2n) is 2.68. The quantitative estimate of drug-likeness (QED) is 0.459. The smallest absolute Gasteiger partial charge is 0.119 e. The summed E-state index contributed by atoms with van der Waals surface area (Å²) in [4.78, 5) is 0. The zero-order chi connectivity index (χ0) is 9.52. The molecule has 0 atom stereocenters. The summed E-state index contributed by atoms with van der Waals surface area (Å²) >= 11 is 2.38. The molecule has 0 radical (unpaired) electrons. The molecule has 1 nitrogen and oxygen atoms in total. The Morgan fingerprint density at radius 1 is 1.31 bits per heavy atom. The van der Waals surface area contributed by atoms with Crippen LogP contribution in [-0.2, 0) is 6.42 Å². The van der Waals surface area contributed by atoms with Gasteiger partial charge in [0.05, 0.1) is 0 Å². The van der Waals surface area contributed by atoms with Crippen LogP contribution in [0.3, 0.4) is 0 Å². The van der Waals surface area contributed by atoms with Crippen molar-refractivity contribution < 1.29 is 4.74 Å². The minimum atomic E-state index is 0.575. The highest BCUT2D eigenvalue weighted by molar-refractivity contribution is 14.1. The highest BCUT2D eigenvalue weighted by atomic mass is 127. The van der Waals surface area contributed by atoms with Gasteiger partial charge in [0.2, 0.25) is 0 Å². The van der Waals surface area contributed by atoms with Gasteiger partial charge in [-0.15, -0.1) is 0 Å². The summed E-state index contributed by atoms with van der Waals surface area (Å²) in [7, 11) is 0. The molecule has 0 aliphatic heterocycles. The van der Waals surface area contributed by atoms with E-state index in [2.05, 4.69) is 41.3 Å². The van der Waals surface area contributed by atoms with Crippen LogP contribution in [0, 0.1) is 0 Å². The summed E-state index contributed by atoms with van der Waals surface area (Å²) in [6.07, 6.45) is 2.88. The molecular weight excluding hydrogens is 275 g/mol. The van der Waals surface area contributed by atoms with Crippen LogP contribution < -0.4 is 4.74 Å². The second-order valence-corrected chi connectivity index (χ2v) is 3.76. The lowest BCUT2D eigenvalue weighted by atomic mass is 10.2. The first-order valence-electron chi connectivity index (χ1n) is 4.25. The van der Waals surface area contributed by atoms with Crippen LogP contribution in [0.2, 0.25) is 0 Å². The molecule has 13 heavy (non-hydrogen) atoms. The van der Waals surface area contributed by atoms with E-state index in [1.165, 1.54) is 5.56 Å². The Bertz CT molecular complexity index is 253. The number of alkyl halides is 1. The maximum atomic E-state index is 5.37. The van der Waals surface area contributed by atoms with Crippen molar-refractivity contribution in [2.75, 3.05) is 11.0 Å². The number of hydrogen-bond acceptors (Lipinski definition) is 1. The zero-order valence-corrected chi connectivity index (χ0v) is 9.66. The topological polar surface area (TPSA) is 9.23 Å². The molecule has 0 aliphatic rings. The summed E-state index contributed by atoms with van der Waals surface area (Å²) < 4.78 is 6.53. The lowest BCUT2D eigenvalue weighted by Gasteiger charge is -2.03. The van der Waals surface area contributed by atoms with Gasteiger partial charge in [-0.1, -0.05) is 47.4 Å². The van der Waals surface area contributed by atoms with Crippen LogP contribution in [0.5, 0.6) is 5.75 Å². The molecule has 0 aromatic heterocycles. The Balaban J connectivity index is 2.53. The van der Waals surface area contributed by atoms with Crippen LogP contribution in [0.4, 0.5) is 0 Å². The zero-order valence-electron chi connectivity index (χ0n) is 7.50. The van der Waals surface area contributed by atoms with Gasteiger partial charge in [-0.25, -0.2) is 0 Å². The third-order valence-electron chi connectivity index (χ3n) is 1.67. The Hall–Kier alpha value is -0.510. The molecule has 0 unspecified atom stereocenters. The highest BCUT2D eigenvalue weighted by Crippen LogP contribution is 2.12. The predicted molar refractivity (Wildman–Crippen MR) is 64.7 cm³/mol. The molecule has 70 valence electrons. The van der Waals surface area contributed by atoms with E-state index >= 15 is 0 Å². The standard InChI is InChI=1S/C11H13IO/c1-2-9-13-11-5-3-10(4-6-11)7-8-12/h2-6H,1,7-9H2. The van der Waals surface area contributed by atoms with E-state index in [0.29, 0.717) is 6.61 Å². The van der Waals surface area contributed by atoms with Gasteiger partial charge in [-0.2, -0.15) is 0 Å². The largest absolute Gasteiger partial charge is 0.490 e. The van der Waals surface area contributed by atoms with Crippen molar-refractivity contribution in [2.24, 2.45) is 0 Å². The van der Waals surface area contributed by atoms with Crippen molar-refractivity contribution in [1.82, 2.24) is 0 Å². The van der Waals surface area contributed by atoms with E-state index in [1.807, 2.05) is 12.1 Å². The van der Waals surface area contributed by atoms with Crippen LogP contribution in [0.25, 0.3) is 0 Å². The number of ether oxygens (including phenoxy) is 1. The molecule has 0 saturated heterocycles. The Labute approximate surface area is 92.9 Å². The Morgan fingerprint density at radius 3 is 2.54 bits per heavy atom. The Kier molecular flexibility index (Phi) is 4.90. The van der Waals surface area contributed by atoms with Crippen molar-refractivity contribution in [3.63, 3.8) is 0 Å². The van der Waals surface area contributed by atoms with Crippen LogP contribution >= 0.6 is 22.6 Å². The average molecular weight is 288 g/mol. The molecular formula is C11H13IO. The molecule has 2 heteroatoms. The monoisotopic (exact) mass is 288 g/mol. The van der Waals surface area contributed by atoms with E-state index in [9.17, 15) is 0 Å². The highest BCUT2D eigenvalue weighted by Gasteiger charge is 1.93. The number of halogens is 1. The third kappa shape index (κ3) is 3.81. The van der Waals surface area contributed by atoms with E-state index in [-0.39, 0.29) is 0 Å². The van der Waals surface area contributed by atoms with Gasteiger partial charge in [-0.3, -0.25) is 0 Å². The molecule has 0 bridgehead atoms. The van der Waals surface area contributed by atoms with Crippen LogP contribution in [-0.4, -0.2) is 11.0 Å². The fourth-order valence-corrected chi connectivity index (χ4v) is 1.64. The number of benzene rings is 1. The SMILES string of the molecule is C=CCOc1ccc(CCI)cc1. The molecule has 0 spiro atoms. The van der Waals surface area contributed by atoms with E-state index in [0.717, 1.165) is 16.6 Å². The van der Waals surface area contributed by atoms with Crippen molar-refractivity contribution >= 4 is 22.6 Å². The average Bonchev–Trinajstić information content (AvgIpc) is 2.17. The van der Waals surface area contributed by atoms with Crippen molar-refractivity contribution in [2.45, 2.75) is 6.42 Å². The van der Waals surface area contributed by atoms with Crippen molar-refractivity contribution in [1.29, 1.82) is 0 Å². The van der Waals surface area contributed by atoms with Gasteiger partial charge < -0.3 is 4.74 Å². The minimum Gasteiger partial charge on any atom is -0.490 e. The summed E-state index contributed by atoms with van der Waals surface area (Å²) in [6.45, 7) is 4.17. The molecule has 0 heterocycles. The van der Waals surface area contributed by atoms with Crippen LogP contribution in [0.15, 0.2) is 36.9 Å². The molecule has 0 fully saturated rings. The Morgan fingerprint density at radius 2 is 2.00 bits per heavy atom. The summed E-state index contributed by atoms with van der Waals surface area (Å²) in [5.74, 6) is 0.914. The molecule has 0 aliphatic carbocycles. The lowest BCUT2D eigenvalue weighted by Crippen LogP contribution is -1.93. The second kappa shape index (κ2) is 6.02. The molecule has 1 rings (SSSR count). The van der Waals surface area contributed by atoms with Crippen LogP contribution in [0.1, 0.15) is 5.56 Å². The van der Waals surface area contributed by atoms with Gasteiger partial charge in [-0.05, 0) is 24.1 Å². The molecule has 1 aromatic rings. The molecule has 0 saturated carbocycles. The minimum absolute atomic E-state index is 0.575. The first-order chi connectivity index (χ1) is 6.36. The van der Waals surface area contributed by atoms with Crippen molar-refractivity contribution in [3.05, 3.63) is 42.5 Å². The van der Waals surface area contributed by atoms with Crippen molar-refractivity contribution in [3.8, 4) is 5.75 Å². The van der Waals surface area contributed by atoms with Gasteiger partial charge >= 0.3 is 0 Å². The van der Waals surface area contributed by atoms with Gasteiger partial charge in [0.25, 0.3) is 0 Å². The molecule has 1 aromatic carbocycles. The van der Waals surface area contributed by atoms with Gasteiger partial charge in [0, 0.05) is 4.43 Å². The van der Waals surface area contributed by atoms with Gasteiger partial charge in [0.1, 0.15) is 12.4 Å². The van der Waals surface area contributed by atoms with E-state index in [1.54, 1.807) is 6.08 Å².